The van der Waals surface area contributed by atoms with E-state index in [1.807, 2.05) is 69.2 Å². The molecular formula is C47H118N6O6V6W3-6. The zero-order valence-corrected chi connectivity index (χ0v) is 66.0. The van der Waals surface area contributed by atoms with Gasteiger partial charge in [0.1, 0.15) is 0 Å². The first kappa shape index (κ1) is 180. The van der Waals surface area contributed by atoms with Gasteiger partial charge >= 0.3 is 0 Å². The van der Waals surface area contributed by atoms with Crippen molar-refractivity contribution in [3.05, 3.63) is 44.6 Å². The summed E-state index contributed by atoms with van der Waals surface area (Å²) in [7, 11) is 0. The maximum absolute atomic E-state index is 10.2. The molecule has 0 aromatic carbocycles. The average molecular weight is 1720 g/mol. The summed E-state index contributed by atoms with van der Waals surface area (Å²) >= 11 is 0. The Morgan fingerprint density at radius 2 is 0.338 bits per heavy atom. The summed E-state index contributed by atoms with van der Waals surface area (Å²) in [6.45, 7) is 42.3. The molecule has 6 amide bonds. The topological polar surface area (TPSA) is 175 Å². The number of hydrogen-bond acceptors (Lipinski definition) is 6. The molecule has 12 nitrogen and oxygen atoms in total. The minimum absolute atomic E-state index is 0. The minimum Gasteiger partial charge on any atom is -0.358 e. The summed E-state index contributed by atoms with van der Waals surface area (Å²) in [5, 5.41) is 14.4. The van der Waals surface area contributed by atoms with Crippen molar-refractivity contribution in [3.8, 4) is 0 Å². The van der Waals surface area contributed by atoms with Crippen LogP contribution in [-0.4, -0.2) is 55.4 Å². The minimum atomic E-state index is -0.149. The Balaban J connectivity index is -0.0000000110. The van der Waals surface area contributed by atoms with Crippen LogP contribution in [0.4, 0.5) is 0 Å². The monoisotopic (exact) mass is 1720 g/mol. The van der Waals surface area contributed by atoms with E-state index in [9.17, 15) is 28.8 Å². The van der Waals surface area contributed by atoms with Gasteiger partial charge in [0.15, 0.2) is 0 Å². The van der Waals surface area contributed by atoms with Crippen LogP contribution in [0.25, 0.3) is 0 Å². The summed E-state index contributed by atoms with van der Waals surface area (Å²) in [5.41, 5.74) is 0. The van der Waals surface area contributed by atoms with Crippen LogP contribution in [0.3, 0.4) is 0 Å². The van der Waals surface area contributed by atoms with Gasteiger partial charge in [-0.05, 0) is 0 Å². The molecule has 0 unspecified atom stereocenters. The van der Waals surface area contributed by atoms with Gasteiger partial charge in [0, 0.05) is 216 Å². The fourth-order valence-corrected chi connectivity index (χ4v) is 1.94. The Hall–Kier alpha value is 2.39. The molecule has 0 aliphatic heterocycles. The summed E-state index contributed by atoms with van der Waals surface area (Å²) in [4.78, 5) is 61.0. The molecule has 426 valence electrons. The van der Waals surface area contributed by atoms with Gasteiger partial charge in [-0.1, -0.05) is 176 Å². The van der Waals surface area contributed by atoms with Crippen molar-refractivity contribution < 1.29 is 203 Å². The molecule has 68 heavy (non-hydrogen) atoms. The van der Waals surface area contributed by atoms with E-state index in [2.05, 4.69) is 73.4 Å². The van der Waals surface area contributed by atoms with Crippen LogP contribution in [-0.2, 0) is 203 Å². The standard InChI is InChI=1S/3C5H10N2O2.3C5H12.5C2H6.CH4.6CH3.6V.3W/c3*1-4(8)6-3-7-5(2)9;3*1-3-5-4-2;5*1-2;;;;;;;;;;;;;;;;/h3*3H2,1-2H3,(H,6,8)(H,7,9);3*3-5H2,1-2H3;5*1-2H3;1H4;6*1H3;;;;;;;;;/q;;;;;;;;;;;;6*-1;;;;;;;;;. The molecule has 6 N–H and O–H groups in total. The van der Waals surface area contributed by atoms with E-state index in [0.717, 1.165) is 0 Å². The van der Waals surface area contributed by atoms with Gasteiger partial charge in [0.2, 0.25) is 35.4 Å². The second kappa shape index (κ2) is 220. The molecule has 0 saturated heterocycles. The van der Waals surface area contributed by atoms with Crippen LogP contribution in [0.5, 0.6) is 0 Å². The Morgan fingerprint density at radius 3 is 0.368 bits per heavy atom. The molecule has 0 heterocycles. The molecule has 0 bridgehead atoms. The maximum Gasteiger partial charge on any atom is 0.218 e. The van der Waals surface area contributed by atoms with E-state index in [4.69, 9.17) is 0 Å². The van der Waals surface area contributed by atoms with Crippen LogP contribution in [0.1, 0.15) is 218 Å². The van der Waals surface area contributed by atoms with Crippen molar-refractivity contribution in [2.75, 3.05) is 20.0 Å². The number of hydrogen-bond donors (Lipinski definition) is 6. The molecule has 0 aliphatic carbocycles. The maximum atomic E-state index is 10.2. The number of unbranched alkanes of at least 4 members (excludes halogenated alkanes) is 6. The summed E-state index contributed by atoms with van der Waals surface area (Å²) < 4.78 is 0. The zero-order chi connectivity index (χ0) is 44.2. The van der Waals surface area contributed by atoms with Gasteiger partial charge in [-0.2, -0.15) is 0 Å². The summed E-state index contributed by atoms with van der Waals surface area (Å²) in [5.74, 6) is -0.896. The van der Waals surface area contributed by atoms with Gasteiger partial charge < -0.3 is 76.5 Å². The molecule has 0 spiro atoms. The van der Waals surface area contributed by atoms with E-state index in [0.29, 0.717) is 0 Å². The molecule has 0 aromatic rings. The van der Waals surface area contributed by atoms with E-state index < -0.39 is 0 Å². The third-order valence-corrected chi connectivity index (χ3v) is 4.15. The molecule has 0 atom stereocenters. The van der Waals surface area contributed by atoms with E-state index in [-0.39, 0.29) is 282 Å². The fourth-order valence-electron chi connectivity index (χ4n) is 1.94. The molecule has 0 rings (SSSR count). The third-order valence-electron chi connectivity index (χ3n) is 4.15. The Bertz CT molecular complexity index is 566. The Labute approximate surface area is 546 Å². The normalized spacial score (nSPS) is 5.56. The quantitative estimate of drug-likeness (QED) is 0.0838. The van der Waals surface area contributed by atoms with E-state index >= 15 is 0 Å². The first-order valence-corrected chi connectivity index (χ1v) is 20.1. The van der Waals surface area contributed by atoms with Crippen LogP contribution in [0.2, 0.25) is 0 Å². The van der Waals surface area contributed by atoms with Crippen molar-refractivity contribution in [2.45, 2.75) is 218 Å². The van der Waals surface area contributed by atoms with Crippen molar-refractivity contribution in [1.29, 1.82) is 0 Å². The van der Waals surface area contributed by atoms with Gasteiger partial charge in [-0.3, -0.25) is 28.8 Å². The Morgan fingerprint density at radius 1 is 0.265 bits per heavy atom. The first-order valence-electron chi connectivity index (χ1n) is 20.1. The first-order chi connectivity index (χ1) is 24.6. The molecule has 0 aliphatic rings. The number of carbonyl (C=O) groups excluding carboxylic acids is 6. The summed E-state index contributed by atoms with van der Waals surface area (Å²) in [6, 6.07) is 0. The largest absolute Gasteiger partial charge is 0.358 e. The van der Waals surface area contributed by atoms with Crippen LogP contribution < -0.4 is 31.9 Å². The van der Waals surface area contributed by atoms with Crippen molar-refractivity contribution in [3.63, 3.8) is 0 Å². The molecular weight excluding hydrogens is 1600 g/mol. The summed E-state index contributed by atoms with van der Waals surface area (Å²) in [6.07, 6.45) is 12.2. The second-order valence-corrected chi connectivity index (χ2v) is 8.99. The third kappa shape index (κ3) is 446. The SMILES string of the molecule is C.CC.CC.CC.CC.CC.CC(=O)NCNC(C)=O.CC(=O)NCNC(C)=O.CC(=O)NCNC(C)=O.CCCCC.CCCCC.CCCCC.[CH3-].[CH3-].[CH3-].[CH3-].[CH3-].[CH3-].[V].[V].[V].[V].[V].[V].[W].[W].[W]. The van der Waals surface area contributed by atoms with Gasteiger partial charge in [-0.15, -0.1) is 0 Å². The van der Waals surface area contributed by atoms with Crippen molar-refractivity contribution in [2.24, 2.45) is 0 Å². The number of rotatable bonds is 12. The molecule has 6 radical (unpaired) electrons. The van der Waals surface area contributed by atoms with Crippen LogP contribution >= 0.6 is 0 Å². The second-order valence-electron chi connectivity index (χ2n) is 8.99. The predicted molar refractivity (Wildman–Crippen MR) is 275 cm³/mol. The number of amides is 6. The van der Waals surface area contributed by atoms with Gasteiger partial charge in [0.05, 0.1) is 20.0 Å². The Kier molecular flexibility index (Phi) is 583. The van der Waals surface area contributed by atoms with E-state index in [1.54, 1.807) is 0 Å². The molecule has 21 heteroatoms. The van der Waals surface area contributed by atoms with Crippen molar-refractivity contribution >= 4 is 35.4 Å². The fraction of sp³-hybridized carbons (Fsp3) is 0.745. The van der Waals surface area contributed by atoms with Crippen LogP contribution in [0, 0.1) is 44.6 Å². The van der Waals surface area contributed by atoms with Gasteiger partial charge in [0.25, 0.3) is 0 Å². The van der Waals surface area contributed by atoms with Gasteiger partial charge in [-0.25, -0.2) is 0 Å². The van der Waals surface area contributed by atoms with Crippen LogP contribution in [0.15, 0.2) is 0 Å². The molecule has 0 saturated carbocycles. The molecule has 0 aromatic heterocycles. The zero-order valence-electron chi connectivity index (χ0n) is 48.8. The predicted octanol–water partition coefficient (Wildman–Crippen LogP) is 12.7. The number of nitrogens with one attached hydrogen (secondary N) is 6. The van der Waals surface area contributed by atoms with Crippen molar-refractivity contribution in [1.82, 2.24) is 31.9 Å². The number of carbonyl (C=O) groups is 6. The average Bonchev–Trinajstić information content (AvgIpc) is 3.11. The van der Waals surface area contributed by atoms with E-state index in [1.165, 1.54) is 99.3 Å². The smallest absolute Gasteiger partial charge is 0.218 e. The molecule has 0 fully saturated rings.